The van der Waals surface area contributed by atoms with Crippen molar-refractivity contribution in [3.05, 3.63) is 12.2 Å². The lowest BCUT2D eigenvalue weighted by molar-refractivity contribution is -0.240. The average Bonchev–Trinajstić information content (AvgIpc) is 3.78. The molecule has 308 valence electrons. The van der Waals surface area contributed by atoms with Crippen molar-refractivity contribution in [3.8, 4) is 0 Å². The third kappa shape index (κ3) is 5.91. The van der Waals surface area contributed by atoms with Crippen LogP contribution in [-0.4, -0.2) is 59.0 Å². The van der Waals surface area contributed by atoms with E-state index >= 15 is 4.79 Å². The molecule has 7 fully saturated rings. The van der Waals surface area contributed by atoms with Crippen molar-refractivity contribution in [3.63, 3.8) is 0 Å². The molecule has 7 rings (SSSR count). The summed E-state index contributed by atoms with van der Waals surface area (Å²) in [5, 5.41) is 13.3. The molecular formula is C47H74N2O6. The van der Waals surface area contributed by atoms with Gasteiger partial charge in [0.25, 0.3) is 0 Å². The Bertz CT molecular complexity index is 1610. The van der Waals surface area contributed by atoms with E-state index in [2.05, 4.69) is 67.3 Å². The van der Waals surface area contributed by atoms with E-state index in [4.69, 9.17) is 4.74 Å². The highest BCUT2D eigenvalue weighted by molar-refractivity contribution is 5.86. The number of allylic oxidation sites excluding steroid dienone is 1. The van der Waals surface area contributed by atoms with E-state index in [0.717, 1.165) is 96.6 Å². The van der Waals surface area contributed by atoms with Crippen LogP contribution in [0.3, 0.4) is 0 Å². The second-order valence-corrected chi connectivity index (χ2v) is 22.7. The fraction of sp³-hybridized carbons (Fsp3) is 0.872. The monoisotopic (exact) mass is 763 g/mol. The lowest BCUT2D eigenvalue weighted by Gasteiger charge is -2.72. The van der Waals surface area contributed by atoms with Crippen LogP contribution < -0.4 is 5.32 Å². The molecule has 0 spiro atoms. The van der Waals surface area contributed by atoms with E-state index in [1.54, 1.807) is 13.8 Å². The van der Waals surface area contributed by atoms with Crippen LogP contribution in [0.15, 0.2) is 12.2 Å². The molecule has 0 aromatic rings. The van der Waals surface area contributed by atoms with E-state index in [1.165, 1.54) is 5.57 Å². The first kappa shape index (κ1) is 40.8. The topological polar surface area (TPSA) is 113 Å². The zero-order chi connectivity index (χ0) is 40.3. The first-order chi connectivity index (χ1) is 25.5. The highest BCUT2D eigenvalue weighted by Gasteiger charge is 2.73. The van der Waals surface area contributed by atoms with Crippen molar-refractivity contribution in [2.75, 3.05) is 13.1 Å². The molecular weight excluding hydrogens is 689 g/mol. The summed E-state index contributed by atoms with van der Waals surface area (Å²) in [5.41, 5.74) is -0.605. The number of aliphatic carboxylic acids is 1. The zero-order valence-electron chi connectivity index (χ0n) is 36.1. The van der Waals surface area contributed by atoms with Gasteiger partial charge in [-0.05, 0) is 155 Å². The number of carboxylic acids is 1. The highest BCUT2D eigenvalue weighted by atomic mass is 16.5. The normalized spacial score (nSPS) is 44.1. The van der Waals surface area contributed by atoms with Crippen molar-refractivity contribution < 1.29 is 29.0 Å². The van der Waals surface area contributed by atoms with Crippen LogP contribution in [-0.2, 0) is 23.9 Å². The first-order valence-electron chi connectivity index (χ1n) is 22.2. The number of rotatable bonds is 8. The molecule has 8 heteroatoms. The van der Waals surface area contributed by atoms with Gasteiger partial charge < -0.3 is 20.1 Å². The van der Waals surface area contributed by atoms with Crippen molar-refractivity contribution in [1.82, 2.24) is 10.2 Å². The van der Waals surface area contributed by atoms with Gasteiger partial charge in [-0.2, -0.15) is 0 Å². The molecule has 7 aliphatic rings. The van der Waals surface area contributed by atoms with E-state index in [1.807, 2.05) is 4.90 Å². The van der Waals surface area contributed by atoms with Crippen LogP contribution in [0, 0.1) is 73.4 Å². The van der Waals surface area contributed by atoms with Crippen molar-refractivity contribution in [2.24, 2.45) is 73.4 Å². The fourth-order valence-corrected chi connectivity index (χ4v) is 15.4. The Morgan fingerprint density at radius 1 is 0.818 bits per heavy atom. The van der Waals surface area contributed by atoms with Gasteiger partial charge in [0, 0.05) is 30.5 Å². The number of ether oxygens (including phenoxy) is 1. The number of hydrogen-bond acceptors (Lipinski definition) is 5. The van der Waals surface area contributed by atoms with Crippen molar-refractivity contribution >= 4 is 23.8 Å². The number of carbonyl (C=O) groups excluding carboxylic acids is 3. The van der Waals surface area contributed by atoms with Gasteiger partial charge in [-0.3, -0.25) is 19.2 Å². The SMILES string of the molecule is C=C(C)C1CC[C@]2(C(=O)NC3C[C@H](C(=O)N4CCCC4)C3(C)C)CC[C@@]3(C)C4CC[C@H]5C(C)(C)[C@@H](OC(=O)CC(C)(C)C(=O)O)CC[C@]5(C)[C@H]4CC[C@]3(C)C12. The number of amides is 2. The largest absolute Gasteiger partial charge is 0.481 e. The molecule has 0 radical (unpaired) electrons. The van der Waals surface area contributed by atoms with Crippen LogP contribution >= 0.6 is 0 Å². The summed E-state index contributed by atoms with van der Waals surface area (Å²) in [6.07, 6.45) is 12.8. The predicted octanol–water partition coefficient (Wildman–Crippen LogP) is 9.21. The van der Waals surface area contributed by atoms with Crippen molar-refractivity contribution in [2.45, 2.75) is 171 Å². The van der Waals surface area contributed by atoms with Crippen LogP contribution in [0.1, 0.15) is 159 Å². The number of hydrogen-bond donors (Lipinski definition) is 2. The lowest BCUT2D eigenvalue weighted by Crippen LogP contribution is -2.68. The third-order valence-corrected chi connectivity index (χ3v) is 19.2. The number of nitrogens with one attached hydrogen (secondary N) is 1. The Morgan fingerprint density at radius 2 is 1.49 bits per heavy atom. The number of esters is 1. The van der Waals surface area contributed by atoms with Crippen LogP contribution in [0.25, 0.3) is 0 Å². The number of nitrogens with zero attached hydrogens (tertiary/aromatic N) is 1. The minimum atomic E-state index is -1.16. The quantitative estimate of drug-likeness (QED) is 0.188. The molecule has 8 nitrogen and oxygen atoms in total. The van der Waals surface area contributed by atoms with Crippen LogP contribution in [0.4, 0.5) is 0 Å². The Morgan fingerprint density at radius 3 is 2.11 bits per heavy atom. The van der Waals surface area contributed by atoms with Gasteiger partial charge in [-0.15, -0.1) is 0 Å². The summed E-state index contributed by atoms with van der Waals surface area (Å²) in [6.45, 7) is 28.4. The minimum absolute atomic E-state index is 0.00432. The maximum Gasteiger partial charge on any atom is 0.309 e. The molecule has 0 aromatic carbocycles. The molecule has 1 aliphatic heterocycles. The maximum absolute atomic E-state index is 15.0. The molecule has 1 saturated heterocycles. The first-order valence-corrected chi connectivity index (χ1v) is 22.2. The number of fused-ring (bicyclic) bond motifs is 7. The lowest BCUT2D eigenvalue weighted by atomic mass is 9.33. The molecule has 6 saturated carbocycles. The molecule has 55 heavy (non-hydrogen) atoms. The molecule has 2 N–H and O–H groups in total. The van der Waals surface area contributed by atoms with Gasteiger partial charge >= 0.3 is 11.9 Å². The summed E-state index contributed by atoms with van der Waals surface area (Å²) in [6, 6.07) is 0.0175. The molecule has 12 atom stereocenters. The van der Waals surface area contributed by atoms with Crippen LogP contribution in [0.5, 0.6) is 0 Å². The predicted molar refractivity (Wildman–Crippen MR) is 215 cm³/mol. The van der Waals surface area contributed by atoms with Gasteiger partial charge in [0.15, 0.2) is 0 Å². The summed E-state index contributed by atoms with van der Waals surface area (Å²) in [5.74, 6) is 1.23. The summed E-state index contributed by atoms with van der Waals surface area (Å²) < 4.78 is 6.19. The average molecular weight is 763 g/mol. The molecule has 1 heterocycles. The zero-order valence-corrected chi connectivity index (χ0v) is 36.1. The third-order valence-electron chi connectivity index (χ3n) is 19.2. The summed E-state index contributed by atoms with van der Waals surface area (Å²) >= 11 is 0. The summed E-state index contributed by atoms with van der Waals surface area (Å²) in [7, 11) is 0. The second kappa shape index (κ2) is 13.3. The van der Waals surface area contributed by atoms with Crippen molar-refractivity contribution in [1.29, 1.82) is 0 Å². The highest BCUT2D eigenvalue weighted by Crippen LogP contribution is 2.78. The van der Waals surface area contributed by atoms with Gasteiger partial charge in [-0.25, -0.2) is 0 Å². The van der Waals surface area contributed by atoms with E-state index < -0.39 is 22.8 Å². The smallest absolute Gasteiger partial charge is 0.309 e. The molecule has 2 amide bonds. The summed E-state index contributed by atoms with van der Waals surface area (Å²) in [4.78, 5) is 55.4. The van der Waals surface area contributed by atoms with Gasteiger partial charge in [0.1, 0.15) is 6.10 Å². The molecule has 0 aromatic heterocycles. The van der Waals surface area contributed by atoms with E-state index in [9.17, 15) is 19.5 Å². The van der Waals surface area contributed by atoms with Gasteiger partial charge in [0.05, 0.1) is 17.3 Å². The minimum Gasteiger partial charge on any atom is -0.481 e. The second-order valence-electron chi connectivity index (χ2n) is 22.7. The number of likely N-dealkylation sites (tertiary alicyclic amines) is 1. The molecule has 6 aliphatic carbocycles. The van der Waals surface area contributed by atoms with E-state index in [-0.39, 0.29) is 69.3 Å². The van der Waals surface area contributed by atoms with Gasteiger partial charge in [-0.1, -0.05) is 60.6 Å². The molecule has 4 unspecified atom stereocenters. The van der Waals surface area contributed by atoms with E-state index in [0.29, 0.717) is 23.7 Å². The fourth-order valence-electron chi connectivity index (χ4n) is 15.4. The Balaban J connectivity index is 1.11. The van der Waals surface area contributed by atoms with Gasteiger partial charge in [0.2, 0.25) is 11.8 Å². The Kier molecular flexibility index (Phi) is 9.89. The number of carbonyl (C=O) groups is 4. The number of carboxylic acid groups (broad SMARTS) is 1. The Labute approximate surface area is 332 Å². The standard InChI is InChI=1S/C47H74N2O6/c1-28(2)29-16-21-47(39(52)48-34-26-32(42(34,5)6)38(51)49-24-12-13-25-49)23-22-45(10)31-14-15-33-43(7,8)35(55-36(50)27-41(3,4)40(53)54)18-19-44(33,9)30(31)17-20-46(45,11)37(29)47/h29-35,37H,1,12-27H2,2-11H3,(H,48,52)(H,53,54)/t29?,30-,31?,32+,33-,34?,35-,37?,44+,45-,46+,47-/m0/s1. The maximum atomic E-state index is 15.0. The Hall–Kier alpha value is -2.38. The molecule has 0 bridgehead atoms. The van der Waals surface area contributed by atoms with Crippen LogP contribution in [0.2, 0.25) is 0 Å².